The Balaban J connectivity index is 4.25. The van der Waals surface area contributed by atoms with Crippen LogP contribution in [0.2, 0.25) is 0 Å². The zero-order chi connectivity index (χ0) is 12.6. The van der Waals surface area contributed by atoms with Crippen LogP contribution in [0.25, 0.3) is 0 Å². The Morgan fingerprint density at radius 1 is 1.50 bits per heavy atom. The Morgan fingerprint density at radius 3 is 2.56 bits per heavy atom. The molecule has 0 radical (unpaired) electrons. The predicted octanol–water partition coefficient (Wildman–Crippen LogP) is 0.196. The fraction of sp³-hybridized carbons (Fsp3) is 0.889. The normalized spacial score (nSPS) is 13.6. The maximum atomic E-state index is 11.5. The molecule has 7 heteroatoms. The average Bonchev–Trinajstić information content (AvgIpc) is 2.17. The van der Waals surface area contributed by atoms with Crippen molar-refractivity contribution in [2.24, 2.45) is 0 Å². The second-order valence-corrected chi connectivity index (χ2v) is 5.34. The molecule has 6 nitrogen and oxygen atoms in total. The van der Waals surface area contributed by atoms with Crippen LogP contribution in [0.1, 0.15) is 26.2 Å². The molecule has 0 amide bonds. The van der Waals surface area contributed by atoms with Crippen molar-refractivity contribution in [1.82, 2.24) is 4.72 Å². The third kappa shape index (κ3) is 6.76. The Kier molecular flexibility index (Phi) is 7.27. The number of aliphatic carboxylic acids is 1. The molecule has 0 bridgehead atoms. The van der Waals surface area contributed by atoms with Crippen molar-refractivity contribution < 1.29 is 23.1 Å². The van der Waals surface area contributed by atoms with Gasteiger partial charge in [-0.05, 0) is 12.8 Å². The first-order chi connectivity index (χ1) is 7.43. The lowest BCUT2D eigenvalue weighted by atomic mass is 10.2. The summed E-state index contributed by atoms with van der Waals surface area (Å²) in [6.45, 7) is 2.14. The molecule has 0 aromatic carbocycles. The van der Waals surface area contributed by atoms with Gasteiger partial charge in [0.15, 0.2) is 0 Å². The minimum atomic E-state index is -3.53. The summed E-state index contributed by atoms with van der Waals surface area (Å²) in [6, 6.07) is -1.03. The van der Waals surface area contributed by atoms with E-state index in [2.05, 4.69) is 4.72 Å². The van der Waals surface area contributed by atoms with Gasteiger partial charge in [0.05, 0.1) is 5.75 Å². The van der Waals surface area contributed by atoms with E-state index < -0.39 is 22.0 Å². The maximum absolute atomic E-state index is 11.5. The van der Waals surface area contributed by atoms with Crippen molar-refractivity contribution in [3.63, 3.8) is 0 Å². The highest BCUT2D eigenvalue weighted by atomic mass is 32.2. The molecule has 0 fully saturated rings. The van der Waals surface area contributed by atoms with Gasteiger partial charge in [0.2, 0.25) is 10.0 Å². The van der Waals surface area contributed by atoms with Crippen LogP contribution in [0.5, 0.6) is 0 Å². The number of carboxylic acid groups (broad SMARTS) is 1. The van der Waals surface area contributed by atoms with E-state index in [0.717, 1.165) is 0 Å². The van der Waals surface area contributed by atoms with Gasteiger partial charge in [-0.2, -0.15) is 0 Å². The number of hydrogen-bond donors (Lipinski definition) is 2. The van der Waals surface area contributed by atoms with E-state index >= 15 is 0 Å². The number of carboxylic acids is 1. The molecule has 0 heterocycles. The maximum Gasteiger partial charge on any atom is 0.321 e. The number of carbonyl (C=O) groups is 1. The van der Waals surface area contributed by atoms with Gasteiger partial charge < -0.3 is 9.84 Å². The summed E-state index contributed by atoms with van der Waals surface area (Å²) in [5, 5.41) is 8.79. The van der Waals surface area contributed by atoms with Crippen LogP contribution in [0.3, 0.4) is 0 Å². The second kappa shape index (κ2) is 7.59. The van der Waals surface area contributed by atoms with Gasteiger partial charge in [-0.3, -0.25) is 4.79 Å². The average molecular weight is 253 g/mol. The van der Waals surface area contributed by atoms with Crippen LogP contribution in [-0.4, -0.2) is 45.0 Å². The van der Waals surface area contributed by atoms with Gasteiger partial charge in [-0.1, -0.05) is 13.3 Å². The zero-order valence-electron chi connectivity index (χ0n) is 9.60. The third-order valence-corrected chi connectivity index (χ3v) is 3.43. The molecule has 96 valence electrons. The van der Waals surface area contributed by atoms with Gasteiger partial charge in [0, 0.05) is 13.7 Å². The Morgan fingerprint density at radius 2 is 2.12 bits per heavy atom. The minimum absolute atomic E-state index is 0.117. The topological polar surface area (TPSA) is 92.7 Å². The highest BCUT2D eigenvalue weighted by Gasteiger charge is 2.22. The lowest BCUT2D eigenvalue weighted by Crippen LogP contribution is -2.41. The molecule has 0 aliphatic rings. The van der Waals surface area contributed by atoms with E-state index in [-0.39, 0.29) is 5.75 Å². The third-order valence-electron chi connectivity index (χ3n) is 1.96. The molecule has 1 atom stereocenters. The Labute approximate surface area is 96.0 Å². The molecule has 0 spiro atoms. The van der Waals surface area contributed by atoms with Crippen molar-refractivity contribution in [2.75, 3.05) is 19.5 Å². The molecular weight excluding hydrogens is 234 g/mol. The van der Waals surface area contributed by atoms with Crippen LogP contribution in [0, 0.1) is 0 Å². The summed E-state index contributed by atoms with van der Waals surface area (Å²) in [5.41, 5.74) is 0. The molecule has 0 saturated carbocycles. The van der Waals surface area contributed by atoms with Crippen molar-refractivity contribution in [2.45, 2.75) is 32.2 Å². The van der Waals surface area contributed by atoms with E-state index in [0.29, 0.717) is 25.9 Å². The van der Waals surface area contributed by atoms with Gasteiger partial charge >= 0.3 is 5.97 Å². The van der Waals surface area contributed by atoms with Crippen LogP contribution in [0.15, 0.2) is 0 Å². The summed E-state index contributed by atoms with van der Waals surface area (Å²) in [7, 11) is -2.05. The van der Waals surface area contributed by atoms with Gasteiger partial charge in [-0.15, -0.1) is 0 Å². The summed E-state index contributed by atoms with van der Waals surface area (Å²) >= 11 is 0. The molecule has 0 rings (SSSR count). The van der Waals surface area contributed by atoms with E-state index in [4.69, 9.17) is 9.84 Å². The monoisotopic (exact) mass is 253 g/mol. The van der Waals surface area contributed by atoms with Gasteiger partial charge in [0.1, 0.15) is 6.04 Å². The summed E-state index contributed by atoms with van der Waals surface area (Å²) in [6.07, 6.45) is 1.25. The molecule has 0 saturated heterocycles. The van der Waals surface area contributed by atoms with E-state index in [9.17, 15) is 13.2 Å². The van der Waals surface area contributed by atoms with Gasteiger partial charge in [0.25, 0.3) is 0 Å². The summed E-state index contributed by atoms with van der Waals surface area (Å²) < 4.78 is 29.8. The molecular formula is C9H19NO5S. The lowest BCUT2D eigenvalue weighted by Gasteiger charge is -2.13. The summed E-state index contributed by atoms with van der Waals surface area (Å²) in [4.78, 5) is 10.7. The zero-order valence-corrected chi connectivity index (χ0v) is 10.4. The Bertz CT molecular complexity index is 301. The fourth-order valence-electron chi connectivity index (χ4n) is 1.19. The number of hydrogen-bond acceptors (Lipinski definition) is 4. The van der Waals surface area contributed by atoms with Gasteiger partial charge in [-0.25, -0.2) is 13.1 Å². The number of methoxy groups -OCH3 is 1. The molecule has 0 unspecified atom stereocenters. The first-order valence-corrected chi connectivity index (χ1v) is 6.80. The van der Waals surface area contributed by atoms with Crippen LogP contribution in [-0.2, 0) is 19.6 Å². The smallest absolute Gasteiger partial charge is 0.321 e. The second-order valence-electron chi connectivity index (χ2n) is 3.46. The first-order valence-electron chi connectivity index (χ1n) is 5.14. The predicted molar refractivity (Wildman–Crippen MR) is 59.7 cm³/mol. The van der Waals surface area contributed by atoms with Crippen molar-refractivity contribution in [1.29, 1.82) is 0 Å². The van der Waals surface area contributed by atoms with E-state index in [1.54, 1.807) is 6.92 Å². The molecule has 2 N–H and O–H groups in total. The SMILES string of the molecule is CCC[C@H](NS(=O)(=O)CCCOC)C(=O)O. The van der Waals surface area contributed by atoms with E-state index in [1.807, 2.05) is 0 Å². The number of sulfonamides is 1. The van der Waals surface area contributed by atoms with Crippen LogP contribution in [0.4, 0.5) is 0 Å². The lowest BCUT2D eigenvalue weighted by molar-refractivity contribution is -0.139. The number of nitrogens with one attached hydrogen (secondary N) is 1. The van der Waals surface area contributed by atoms with Crippen molar-refractivity contribution >= 4 is 16.0 Å². The molecule has 16 heavy (non-hydrogen) atoms. The standard InChI is InChI=1S/C9H19NO5S/c1-3-5-8(9(11)12)10-16(13,14)7-4-6-15-2/h8,10H,3-7H2,1-2H3,(H,11,12)/t8-/m0/s1. The summed E-state index contributed by atoms with van der Waals surface area (Å²) in [5.74, 6) is -1.26. The Hall–Kier alpha value is -0.660. The molecule has 0 aliphatic carbocycles. The van der Waals surface area contributed by atoms with Crippen molar-refractivity contribution in [3.8, 4) is 0 Å². The van der Waals surface area contributed by atoms with Crippen molar-refractivity contribution in [3.05, 3.63) is 0 Å². The van der Waals surface area contributed by atoms with Crippen LogP contribution < -0.4 is 4.72 Å². The number of rotatable bonds is 9. The quantitative estimate of drug-likeness (QED) is 0.572. The highest BCUT2D eigenvalue weighted by Crippen LogP contribution is 2.00. The van der Waals surface area contributed by atoms with E-state index in [1.165, 1.54) is 7.11 Å². The molecule has 0 aromatic heterocycles. The highest BCUT2D eigenvalue weighted by molar-refractivity contribution is 7.89. The molecule has 0 aliphatic heterocycles. The first kappa shape index (κ1) is 15.3. The number of ether oxygens (including phenoxy) is 1. The largest absolute Gasteiger partial charge is 0.480 e. The fourth-order valence-corrected chi connectivity index (χ4v) is 2.46. The minimum Gasteiger partial charge on any atom is -0.480 e. The van der Waals surface area contributed by atoms with Crippen LogP contribution >= 0.6 is 0 Å². The molecule has 0 aromatic rings.